The average Bonchev–Trinajstić information content (AvgIpc) is 3.33. The smallest absolute Gasteiger partial charge is 0.155 e. The lowest BCUT2D eigenvalue weighted by Gasteiger charge is -2.36. The summed E-state index contributed by atoms with van der Waals surface area (Å²) in [5, 5.41) is 13.3. The van der Waals surface area contributed by atoms with E-state index in [0.29, 0.717) is 29.3 Å². The van der Waals surface area contributed by atoms with Gasteiger partial charge in [-0.1, -0.05) is 0 Å². The molecule has 5 rings (SSSR count). The molecular weight excluding hydrogens is 398 g/mol. The van der Waals surface area contributed by atoms with Gasteiger partial charge < -0.3 is 14.6 Å². The second-order valence-corrected chi connectivity index (χ2v) is 9.26. The lowest BCUT2D eigenvalue weighted by atomic mass is 9.98. The molecule has 3 aromatic heterocycles. The van der Waals surface area contributed by atoms with Gasteiger partial charge in [-0.3, -0.25) is 4.98 Å². The molecule has 0 spiro atoms. The Morgan fingerprint density at radius 1 is 1.22 bits per heavy atom. The van der Waals surface area contributed by atoms with Crippen LogP contribution in [0.15, 0.2) is 35.7 Å². The van der Waals surface area contributed by atoms with Crippen LogP contribution in [0.2, 0.25) is 0 Å². The number of hydrogen-bond donors (Lipinski definition) is 1. The number of pyridine rings is 2. The van der Waals surface area contributed by atoms with Crippen LogP contribution in [0.25, 0.3) is 16.9 Å². The fourth-order valence-corrected chi connectivity index (χ4v) is 5.13. The fraction of sp³-hybridized carbons (Fsp3) is 0.440. The van der Waals surface area contributed by atoms with E-state index in [1.54, 1.807) is 0 Å². The number of amidine groups is 1. The number of aliphatic imine (C=N–C) groups is 1. The van der Waals surface area contributed by atoms with Gasteiger partial charge in [-0.25, -0.2) is 9.98 Å². The molecular formula is C25H29N7. The number of nitrogens with zero attached hydrogens (tertiary/aromatic N) is 6. The summed E-state index contributed by atoms with van der Waals surface area (Å²) in [5.41, 5.74) is 5.77. The normalized spacial score (nSPS) is 22.8. The molecule has 2 atom stereocenters. The molecule has 0 aromatic carbocycles. The van der Waals surface area contributed by atoms with Crippen LogP contribution < -0.4 is 5.32 Å². The van der Waals surface area contributed by atoms with Gasteiger partial charge in [0.1, 0.15) is 11.9 Å². The Morgan fingerprint density at radius 3 is 2.66 bits per heavy atom. The number of aryl methyl sites for hydroxylation is 2. The van der Waals surface area contributed by atoms with Crippen LogP contribution in [0, 0.1) is 25.2 Å². The van der Waals surface area contributed by atoms with Gasteiger partial charge in [-0.2, -0.15) is 5.26 Å². The van der Waals surface area contributed by atoms with E-state index in [1.165, 1.54) is 25.7 Å². The molecule has 164 valence electrons. The summed E-state index contributed by atoms with van der Waals surface area (Å²) in [7, 11) is 2.16. The average molecular weight is 428 g/mol. The van der Waals surface area contributed by atoms with Crippen molar-refractivity contribution >= 4 is 17.2 Å². The summed E-state index contributed by atoms with van der Waals surface area (Å²) in [6.07, 6.45) is 10.7. The number of imidazole rings is 1. The van der Waals surface area contributed by atoms with Gasteiger partial charge >= 0.3 is 0 Å². The van der Waals surface area contributed by atoms with E-state index >= 15 is 0 Å². The van der Waals surface area contributed by atoms with Crippen LogP contribution in [0.4, 0.5) is 5.69 Å². The summed E-state index contributed by atoms with van der Waals surface area (Å²) in [4.78, 5) is 16.4. The maximum Gasteiger partial charge on any atom is 0.155 e. The number of piperidine rings is 1. The van der Waals surface area contributed by atoms with Crippen LogP contribution in [-0.4, -0.2) is 50.3 Å². The zero-order valence-electron chi connectivity index (χ0n) is 19.1. The Bertz CT molecular complexity index is 1240. The predicted molar refractivity (Wildman–Crippen MR) is 126 cm³/mol. The van der Waals surface area contributed by atoms with E-state index in [4.69, 9.17) is 4.99 Å². The lowest BCUT2D eigenvalue weighted by Crippen LogP contribution is -2.48. The second-order valence-electron chi connectivity index (χ2n) is 9.26. The molecule has 0 saturated carbocycles. The zero-order chi connectivity index (χ0) is 22.4. The van der Waals surface area contributed by atoms with Gasteiger partial charge in [-0.15, -0.1) is 0 Å². The molecule has 0 amide bonds. The number of aromatic nitrogens is 3. The minimum Gasteiger partial charge on any atom is -0.360 e. The van der Waals surface area contributed by atoms with Crippen LogP contribution in [0.1, 0.15) is 49.4 Å². The first-order valence-electron chi connectivity index (χ1n) is 11.3. The first-order chi connectivity index (χ1) is 15.4. The molecule has 2 fully saturated rings. The molecule has 3 aromatic rings. The highest BCUT2D eigenvalue weighted by Crippen LogP contribution is 2.30. The van der Waals surface area contributed by atoms with Crippen molar-refractivity contribution in [3.63, 3.8) is 0 Å². The van der Waals surface area contributed by atoms with E-state index in [0.717, 1.165) is 34.0 Å². The molecule has 2 aliphatic rings. The first kappa shape index (κ1) is 20.7. The first-order valence-corrected chi connectivity index (χ1v) is 11.3. The van der Waals surface area contributed by atoms with Crippen LogP contribution in [0.3, 0.4) is 0 Å². The van der Waals surface area contributed by atoms with Gasteiger partial charge in [0, 0.05) is 43.1 Å². The van der Waals surface area contributed by atoms with Crippen molar-refractivity contribution in [1.29, 1.82) is 5.26 Å². The lowest BCUT2D eigenvalue weighted by molar-refractivity contribution is 0.243. The van der Waals surface area contributed by atoms with Crippen molar-refractivity contribution in [2.24, 2.45) is 4.99 Å². The van der Waals surface area contributed by atoms with Crippen molar-refractivity contribution in [1.82, 2.24) is 24.6 Å². The number of hydrogen-bond acceptors (Lipinski definition) is 5. The minimum atomic E-state index is 0.541. The SMILES string of the molecule is CC(=Nc1cnc(-c2cc(C#N)c3nc(C)cn3c2)cc1C)N(C)C1CC2CCC(C1)N2. The third kappa shape index (κ3) is 3.76. The van der Waals surface area contributed by atoms with Crippen molar-refractivity contribution in [2.45, 2.75) is 64.6 Å². The third-order valence-electron chi connectivity index (χ3n) is 6.96. The van der Waals surface area contributed by atoms with Gasteiger partial charge in [-0.05, 0) is 64.2 Å². The highest BCUT2D eigenvalue weighted by molar-refractivity contribution is 5.83. The second kappa shape index (κ2) is 8.03. The monoisotopic (exact) mass is 427 g/mol. The van der Waals surface area contributed by atoms with Gasteiger partial charge in [0.2, 0.25) is 0 Å². The molecule has 5 heterocycles. The Morgan fingerprint density at radius 2 is 1.97 bits per heavy atom. The maximum atomic E-state index is 9.56. The van der Waals surface area contributed by atoms with Crippen LogP contribution in [-0.2, 0) is 0 Å². The van der Waals surface area contributed by atoms with Crippen molar-refractivity contribution < 1.29 is 0 Å². The number of nitriles is 1. The molecule has 7 heteroatoms. The van der Waals surface area contributed by atoms with Crippen LogP contribution in [0.5, 0.6) is 0 Å². The Balaban J connectivity index is 1.41. The van der Waals surface area contributed by atoms with Crippen molar-refractivity contribution in [3.8, 4) is 17.3 Å². The van der Waals surface area contributed by atoms with Gasteiger partial charge in [0.15, 0.2) is 5.65 Å². The Labute approximate surface area is 188 Å². The molecule has 32 heavy (non-hydrogen) atoms. The molecule has 7 nitrogen and oxygen atoms in total. The Kier molecular flexibility index (Phi) is 5.18. The zero-order valence-corrected chi connectivity index (χ0v) is 19.1. The third-order valence-corrected chi connectivity index (χ3v) is 6.96. The molecule has 2 unspecified atom stereocenters. The van der Waals surface area contributed by atoms with Crippen LogP contribution >= 0.6 is 0 Å². The number of fused-ring (bicyclic) bond motifs is 3. The van der Waals surface area contributed by atoms with Crippen molar-refractivity contribution in [3.05, 3.63) is 47.5 Å². The highest BCUT2D eigenvalue weighted by Gasteiger charge is 2.35. The van der Waals surface area contributed by atoms with E-state index in [9.17, 15) is 5.26 Å². The van der Waals surface area contributed by atoms with Gasteiger partial charge in [0.25, 0.3) is 0 Å². The number of nitrogens with one attached hydrogen (secondary N) is 1. The summed E-state index contributed by atoms with van der Waals surface area (Å²) in [6, 6.07) is 8.02. The highest BCUT2D eigenvalue weighted by atomic mass is 15.2. The Hall–Kier alpha value is -3.24. The molecule has 2 bridgehead atoms. The quantitative estimate of drug-likeness (QED) is 0.502. The summed E-state index contributed by atoms with van der Waals surface area (Å²) >= 11 is 0. The predicted octanol–water partition coefficient (Wildman–Crippen LogP) is 4.15. The minimum absolute atomic E-state index is 0.541. The molecule has 1 N–H and O–H groups in total. The molecule has 0 aliphatic carbocycles. The molecule has 0 radical (unpaired) electrons. The topological polar surface area (TPSA) is 81.6 Å². The summed E-state index contributed by atoms with van der Waals surface area (Å²) in [6.45, 7) is 6.08. The number of rotatable bonds is 3. The van der Waals surface area contributed by atoms with E-state index in [2.05, 4.69) is 47.1 Å². The van der Waals surface area contributed by atoms with E-state index in [1.807, 2.05) is 42.0 Å². The molecule has 2 saturated heterocycles. The summed E-state index contributed by atoms with van der Waals surface area (Å²) in [5.74, 6) is 1.02. The standard InChI is InChI=1S/C25H29N7/c1-15-7-23(19-8-18(11-26)25-28-16(2)13-32(25)14-19)27-12-24(15)29-17(3)31(4)22-9-20-5-6-21(10-22)30-20/h7-8,12-14,20-22,30H,5-6,9-10H2,1-4H3. The largest absolute Gasteiger partial charge is 0.360 e. The maximum absolute atomic E-state index is 9.56. The molecule has 2 aliphatic heterocycles. The van der Waals surface area contributed by atoms with Gasteiger partial charge in [0.05, 0.1) is 28.8 Å². The van der Waals surface area contributed by atoms with Crippen molar-refractivity contribution in [2.75, 3.05) is 7.05 Å². The fourth-order valence-electron chi connectivity index (χ4n) is 5.13. The van der Waals surface area contributed by atoms with E-state index < -0.39 is 0 Å². The van der Waals surface area contributed by atoms with E-state index in [-0.39, 0.29) is 0 Å². The summed E-state index contributed by atoms with van der Waals surface area (Å²) < 4.78 is 1.90.